The van der Waals surface area contributed by atoms with Gasteiger partial charge in [0.1, 0.15) is 0 Å². The zero-order valence-electron chi connectivity index (χ0n) is 11.1. The number of halogens is 3. The highest BCUT2D eigenvalue weighted by atomic mass is 19.4. The van der Waals surface area contributed by atoms with Crippen LogP contribution in [-0.2, 0) is 6.18 Å². The monoisotopic (exact) mass is 294 g/mol. The molecule has 0 saturated carbocycles. The number of aromatic nitrogens is 3. The first kappa shape index (κ1) is 13.8. The Bertz CT molecular complexity index is 622. The largest absolute Gasteiger partial charge is 0.438 e. The lowest BCUT2D eigenvalue weighted by Crippen LogP contribution is -2.25. The van der Waals surface area contributed by atoms with Gasteiger partial charge in [-0.25, -0.2) is 4.98 Å². The number of rotatable bonds is 2. The average Bonchev–Trinajstić information content (AvgIpc) is 3.01. The molecule has 0 spiro atoms. The second-order valence-corrected chi connectivity index (χ2v) is 4.87. The van der Waals surface area contributed by atoms with E-state index in [0.717, 1.165) is 12.8 Å². The fourth-order valence-corrected chi connectivity index (χ4v) is 2.36. The Balaban J connectivity index is 2.08. The Labute approximate surface area is 119 Å². The predicted molar refractivity (Wildman–Crippen MR) is 71.7 cm³/mol. The van der Waals surface area contributed by atoms with Gasteiger partial charge in [0, 0.05) is 18.7 Å². The topological polar surface area (TPSA) is 41.9 Å². The molecule has 21 heavy (non-hydrogen) atoms. The summed E-state index contributed by atoms with van der Waals surface area (Å²) in [5.74, 6) is 0.0966. The third-order valence-corrected chi connectivity index (χ3v) is 3.37. The Hall–Kier alpha value is -2.18. The van der Waals surface area contributed by atoms with E-state index in [-0.39, 0.29) is 11.6 Å². The molecule has 0 bridgehead atoms. The van der Waals surface area contributed by atoms with Gasteiger partial charge in [-0.15, -0.1) is 10.2 Å². The molecule has 0 unspecified atom stereocenters. The van der Waals surface area contributed by atoms with E-state index in [1.165, 1.54) is 0 Å². The highest BCUT2D eigenvalue weighted by Gasteiger charge is 2.39. The van der Waals surface area contributed by atoms with E-state index in [1.54, 1.807) is 29.2 Å². The Kier molecular flexibility index (Phi) is 3.48. The van der Waals surface area contributed by atoms with Gasteiger partial charge >= 0.3 is 6.18 Å². The maximum atomic E-state index is 13.1. The lowest BCUT2D eigenvalue weighted by Gasteiger charge is -2.20. The summed E-state index contributed by atoms with van der Waals surface area (Å²) in [6.07, 6.45) is -2.82. The summed E-state index contributed by atoms with van der Waals surface area (Å²) in [6.45, 7) is 1.13. The molecule has 1 saturated heterocycles. The van der Waals surface area contributed by atoms with Crippen molar-refractivity contribution < 1.29 is 13.2 Å². The molecule has 1 fully saturated rings. The SMILES string of the molecule is FC(F)(F)c1nnc(-c2ccccc2)nc1N1CCCC1. The van der Waals surface area contributed by atoms with Crippen LogP contribution >= 0.6 is 0 Å². The van der Waals surface area contributed by atoms with E-state index in [1.807, 2.05) is 6.07 Å². The standard InChI is InChI=1S/C14H13F3N4/c15-14(16,17)11-13(21-8-4-5-9-21)18-12(20-19-11)10-6-2-1-3-7-10/h1-3,6-7H,4-5,8-9H2. The minimum absolute atomic E-state index is 0.117. The van der Waals surface area contributed by atoms with Crippen LogP contribution in [0.4, 0.5) is 19.0 Å². The van der Waals surface area contributed by atoms with E-state index in [4.69, 9.17) is 0 Å². The van der Waals surface area contributed by atoms with Crippen molar-refractivity contribution in [3.05, 3.63) is 36.0 Å². The number of benzene rings is 1. The van der Waals surface area contributed by atoms with Crippen LogP contribution in [0.5, 0.6) is 0 Å². The number of anilines is 1. The quantitative estimate of drug-likeness (QED) is 0.853. The number of hydrogen-bond donors (Lipinski definition) is 0. The minimum atomic E-state index is -4.55. The maximum absolute atomic E-state index is 13.1. The van der Waals surface area contributed by atoms with Gasteiger partial charge in [0.25, 0.3) is 0 Å². The van der Waals surface area contributed by atoms with Crippen molar-refractivity contribution in [2.24, 2.45) is 0 Å². The van der Waals surface area contributed by atoms with Crippen LogP contribution in [0.3, 0.4) is 0 Å². The summed E-state index contributed by atoms with van der Waals surface area (Å²) in [7, 11) is 0. The summed E-state index contributed by atoms with van der Waals surface area (Å²) < 4.78 is 39.2. The zero-order chi connectivity index (χ0) is 14.9. The Morgan fingerprint density at radius 2 is 1.62 bits per heavy atom. The summed E-state index contributed by atoms with van der Waals surface area (Å²) in [6, 6.07) is 8.89. The van der Waals surface area contributed by atoms with Crippen molar-refractivity contribution in [2.45, 2.75) is 19.0 Å². The van der Waals surface area contributed by atoms with E-state index in [2.05, 4.69) is 15.2 Å². The van der Waals surface area contributed by atoms with Crippen LogP contribution < -0.4 is 4.90 Å². The summed E-state index contributed by atoms with van der Waals surface area (Å²) in [5.41, 5.74) is -0.358. The van der Waals surface area contributed by atoms with Gasteiger partial charge in [-0.2, -0.15) is 13.2 Å². The molecule has 0 aliphatic carbocycles. The number of alkyl halides is 3. The first-order valence-corrected chi connectivity index (χ1v) is 6.68. The van der Waals surface area contributed by atoms with Gasteiger partial charge in [0.05, 0.1) is 0 Å². The smallest absolute Gasteiger partial charge is 0.355 e. The molecule has 0 atom stereocenters. The van der Waals surface area contributed by atoms with Crippen LogP contribution in [0.2, 0.25) is 0 Å². The molecular formula is C14H13F3N4. The molecule has 110 valence electrons. The molecule has 0 radical (unpaired) electrons. The van der Waals surface area contributed by atoms with Crippen LogP contribution in [0, 0.1) is 0 Å². The molecule has 3 rings (SSSR count). The maximum Gasteiger partial charge on any atom is 0.438 e. The lowest BCUT2D eigenvalue weighted by atomic mass is 10.2. The lowest BCUT2D eigenvalue weighted by molar-refractivity contribution is -0.141. The first-order valence-electron chi connectivity index (χ1n) is 6.68. The van der Waals surface area contributed by atoms with E-state index in [0.29, 0.717) is 18.7 Å². The molecule has 0 amide bonds. The minimum Gasteiger partial charge on any atom is -0.355 e. The molecule has 1 aromatic carbocycles. The first-order chi connectivity index (χ1) is 10.1. The van der Waals surface area contributed by atoms with Crippen molar-refractivity contribution in [2.75, 3.05) is 18.0 Å². The van der Waals surface area contributed by atoms with Gasteiger partial charge in [-0.3, -0.25) is 0 Å². The zero-order valence-corrected chi connectivity index (χ0v) is 11.1. The Morgan fingerprint density at radius 3 is 2.24 bits per heavy atom. The van der Waals surface area contributed by atoms with Crippen molar-refractivity contribution >= 4 is 5.82 Å². The molecular weight excluding hydrogens is 281 g/mol. The predicted octanol–water partition coefficient (Wildman–Crippen LogP) is 3.16. The summed E-state index contributed by atoms with van der Waals surface area (Å²) >= 11 is 0. The molecule has 1 aliphatic rings. The van der Waals surface area contributed by atoms with Crippen molar-refractivity contribution in [3.8, 4) is 11.4 Å². The molecule has 2 aromatic rings. The molecule has 2 heterocycles. The number of nitrogens with zero attached hydrogens (tertiary/aromatic N) is 4. The summed E-state index contributed by atoms with van der Waals surface area (Å²) in [4.78, 5) is 5.75. The van der Waals surface area contributed by atoms with Crippen molar-refractivity contribution in [1.82, 2.24) is 15.2 Å². The highest BCUT2D eigenvalue weighted by Crippen LogP contribution is 2.35. The van der Waals surface area contributed by atoms with Gasteiger partial charge in [-0.05, 0) is 12.8 Å². The normalized spacial score (nSPS) is 15.5. The molecule has 4 nitrogen and oxygen atoms in total. The molecule has 1 aromatic heterocycles. The van der Waals surface area contributed by atoms with Crippen LogP contribution in [0.1, 0.15) is 18.5 Å². The number of hydrogen-bond acceptors (Lipinski definition) is 4. The fraction of sp³-hybridized carbons (Fsp3) is 0.357. The van der Waals surface area contributed by atoms with E-state index >= 15 is 0 Å². The van der Waals surface area contributed by atoms with Crippen LogP contribution in [0.15, 0.2) is 30.3 Å². The molecule has 7 heteroatoms. The highest BCUT2D eigenvalue weighted by molar-refractivity contribution is 5.58. The third-order valence-electron chi connectivity index (χ3n) is 3.37. The third kappa shape index (κ3) is 2.81. The summed E-state index contributed by atoms with van der Waals surface area (Å²) in [5, 5.41) is 7.03. The van der Waals surface area contributed by atoms with Crippen molar-refractivity contribution in [1.29, 1.82) is 0 Å². The van der Waals surface area contributed by atoms with Gasteiger partial charge in [0.2, 0.25) is 5.69 Å². The second kappa shape index (κ2) is 5.31. The van der Waals surface area contributed by atoms with Gasteiger partial charge in [-0.1, -0.05) is 30.3 Å². The van der Waals surface area contributed by atoms with Crippen LogP contribution in [-0.4, -0.2) is 28.3 Å². The van der Waals surface area contributed by atoms with E-state index in [9.17, 15) is 13.2 Å². The Morgan fingerprint density at radius 1 is 0.952 bits per heavy atom. The molecule has 1 aliphatic heterocycles. The second-order valence-electron chi connectivity index (χ2n) is 4.87. The van der Waals surface area contributed by atoms with E-state index < -0.39 is 11.9 Å². The molecule has 0 N–H and O–H groups in total. The van der Waals surface area contributed by atoms with Gasteiger partial charge in [0.15, 0.2) is 11.6 Å². The average molecular weight is 294 g/mol. The van der Waals surface area contributed by atoms with Crippen molar-refractivity contribution in [3.63, 3.8) is 0 Å². The van der Waals surface area contributed by atoms with Gasteiger partial charge < -0.3 is 4.90 Å². The fourth-order valence-electron chi connectivity index (χ4n) is 2.36. The van der Waals surface area contributed by atoms with Crippen LogP contribution in [0.25, 0.3) is 11.4 Å².